The van der Waals surface area contributed by atoms with Gasteiger partial charge in [-0.05, 0) is 18.6 Å². The Labute approximate surface area is 124 Å². The van der Waals surface area contributed by atoms with Crippen LogP contribution < -0.4 is 10.6 Å². The number of aryl methyl sites for hydroxylation is 1. The van der Waals surface area contributed by atoms with Gasteiger partial charge in [-0.2, -0.15) is 0 Å². The van der Waals surface area contributed by atoms with Crippen LogP contribution in [0.1, 0.15) is 11.1 Å². The number of amidine groups is 1. The molecule has 0 radical (unpaired) electrons. The Morgan fingerprint density at radius 1 is 1.33 bits per heavy atom. The lowest BCUT2D eigenvalue weighted by atomic mass is 10.1. The number of nitrogens with one attached hydrogen (secondary N) is 2. The molecule has 0 bridgehead atoms. The van der Waals surface area contributed by atoms with Crippen LogP contribution in [-0.4, -0.2) is 23.9 Å². The number of carbonyl (C=O) groups is 1. The quantitative estimate of drug-likeness (QED) is 0.336. The fourth-order valence-electron chi connectivity index (χ4n) is 1.73. The Hall–Kier alpha value is -2.82. The van der Waals surface area contributed by atoms with Crippen molar-refractivity contribution in [3.05, 3.63) is 66.5 Å². The molecule has 0 heterocycles. The minimum Gasteiger partial charge on any atom is -0.505 e. The Balaban J connectivity index is 3.17. The SMILES string of the molecule is C=CN=C(C=C)NC(=O)/C(NC)=C(\O)c1ccccc1C. The second kappa shape index (κ2) is 7.69. The first kappa shape index (κ1) is 16.2. The zero-order chi connectivity index (χ0) is 15.8. The Morgan fingerprint density at radius 3 is 2.52 bits per heavy atom. The number of benzene rings is 1. The van der Waals surface area contributed by atoms with Gasteiger partial charge in [0, 0.05) is 18.8 Å². The molecule has 1 rings (SSSR count). The van der Waals surface area contributed by atoms with Gasteiger partial charge in [0.25, 0.3) is 5.91 Å². The number of rotatable bonds is 5. The fraction of sp³-hybridized carbons (Fsp3) is 0.125. The van der Waals surface area contributed by atoms with E-state index >= 15 is 0 Å². The number of aliphatic hydroxyl groups excluding tert-OH is 1. The van der Waals surface area contributed by atoms with Gasteiger partial charge in [-0.1, -0.05) is 37.4 Å². The lowest BCUT2D eigenvalue weighted by Crippen LogP contribution is -2.35. The largest absolute Gasteiger partial charge is 0.505 e. The molecule has 0 aliphatic heterocycles. The second-order valence-corrected chi connectivity index (χ2v) is 4.14. The maximum atomic E-state index is 12.2. The molecule has 0 atom stereocenters. The molecule has 1 amide bonds. The lowest BCUT2D eigenvalue weighted by molar-refractivity contribution is -0.116. The van der Waals surface area contributed by atoms with Crippen LogP contribution in [0.3, 0.4) is 0 Å². The first-order valence-electron chi connectivity index (χ1n) is 6.34. The molecule has 1 aromatic rings. The minimum atomic E-state index is -0.515. The molecule has 5 heteroatoms. The molecular formula is C16H19N3O2. The zero-order valence-corrected chi connectivity index (χ0v) is 12.2. The second-order valence-electron chi connectivity index (χ2n) is 4.14. The van der Waals surface area contributed by atoms with Gasteiger partial charge in [0.05, 0.1) is 0 Å². The van der Waals surface area contributed by atoms with E-state index in [2.05, 4.69) is 28.8 Å². The normalized spacial score (nSPS) is 12.2. The molecular weight excluding hydrogens is 266 g/mol. The van der Waals surface area contributed by atoms with E-state index in [1.165, 1.54) is 12.3 Å². The molecule has 0 unspecified atom stereocenters. The fourth-order valence-corrected chi connectivity index (χ4v) is 1.73. The van der Waals surface area contributed by atoms with Gasteiger partial charge < -0.3 is 15.7 Å². The van der Waals surface area contributed by atoms with Crippen molar-refractivity contribution in [2.75, 3.05) is 7.05 Å². The van der Waals surface area contributed by atoms with Crippen molar-refractivity contribution in [2.24, 2.45) is 4.99 Å². The van der Waals surface area contributed by atoms with Crippen molar-refractivity contribution in [1.29, 1.82) is 0 Å². The van der Waals surface area contributed by atoms with Crippen LogP contribution in [0, 0.1) is 6.92 Å². The number of aliphatic hydroxyl groups is 1. The number of carbonyl (C=O) groups excluding carboxylic acids is 1. The summed E-state index contributed by atoms with van der Waals surface area (Å²) in [6, 6.07) is 7.24. The van der Waals surface area contributed by atoms with Crippen LogP contribution in [0.5, 0.6) is 0 Å². The first-order chi connectivity index (χ1) is 10.0. The molecule has 21 heavy (non-hydrogen) atoms. The number of amides is 1. The Kier molecular flexibility index (Phi) is 5.95. The maximum Gasteiger partial charge on any atom is 0.276 e. The highest BCUT2D eigenvalue weighted by atomic mass is 16.3. The van der Waals surface area contributed by atoms with Crippen molar-refractivity contribution in [3.8, 4) is 0 Å². The van der Waals surface area contributed by atoms with Crippen molar-refractivity contribution in [1.82, 2.24) is 10.6 Å². The third kappa shape index (κ3) is 4.07. The van der Waals surface area contributed by atoms with E-state index < -0.39 is 5.91 Å². The lowest BCUT2D eigenvalue weighted by Gasteiger charge is -2.12. The van der Waals surface area contributed by atoms with Crippen LogP contribution in [0.15, 0.2) is 60.4 Å². The molecule has 0 aliphatic carbocycles. The van der Waals surface area contributed by atoms with Crippen LogP contribution in [0.25, 0.3) is 5.76 Å². The van der Waals surface area contributed by atoms with Gasteiger partial charge in [0.1, 0.15) is 11.5 Å². The van der Waals surface area contributed by atoms with Gasteiger partial charge >= 0.3 is 0 Å². The first-order valence-corrected chi connectivity index (χ1v) is 6.34. The molecule has 110 valence electrons. The van der Waals surface area contributed by atoms with E-state index in [4.69, 9.17) is 0 Å². The minimum absolute atomic E-state index is 0.0444. The third-order valence-electron chi connectivity index (χ3n) is 2.78. The van der Waals surface area contributed by atoms with Gasteiger partial charge in [-0.25, -0.2) is 4.99 Å². The number of likely N-dealkylation sites (N-methyl/N-ethyl adjacent to an activating group) is 1. The van der Waals surface area contributed by atoms with Crippen LogP contribution in [-0.2, 0) is 4.79 Å². The van der Waals surface area contributed by atoms with E-state index in [1.54, 1.807) is 19.2 Å². The summed E-state index contributed by atoms with van der Waals surface area (Å²) in [6.45, 7) is 8.85. The highest BCUT2D eigenvalue weighted by Gasteiger charge is 2.17. The Bertz CT molecular complexity index is 616. The van der Waals surface area contributed by atoms with Crippen molar-refractivity contribution < 1.29 is 9.90 Å². The summed E-state index contributed by atoms with van der Waals surface area (Å²) in [7, 11) is 1.56. The zero-order valence-electron chi connectivity index (χ0n) is 12.2. The standard InChI is InChI=1S/C16H19N3O2/c1-5-13(18-6-2)19-16(21)14(17-4)15(20)12-10-8-7-9-11(12)3/h5-10,17,20H,1-2H2,3-4H3,(H,18,19,21)/b15-14+. The molecule has 0 spiro atoms. The van der Waals surface area contributed by atoms with Crippen LogP contribution in [0.2, 0.25) is 0 Å². The topological polar surface area (TPSA) is 73.7 Å². The molecule has 0 fully saturated rings. The van der Waals surface area contributed by atoms with Crippen molar-refractivity contribution in [2.45, 2.75) is 6.92 Å². The molecule has 5 nitrogen and oxygen atoms in total. The smallest absolute Gasteiger partial charge is 0.276 e. The summed E-state index contributed by atoms with van der Waals surface area (Å²) in [5, 5.41) is 15.5. The number of nitrogens with zero attached hydrogens (tertiary/aromatic N) is 1. The monoisotopic (exact) mass is 285 g/mol. The average Bonchev–Trinajstić information content (AvgIpc) is 2.47. The highest BCUT2D eigenvalue weighted by Crippen LogP contribution is 2.18. The number of hydrogen-bond acceptors (Lipinski definition) is 4. The molecule has 0 saturated carbocycles. The van der Waals surface area contributed by atoms with Gasteiger partial charge in [0.2, 0.25) is 0 Å². The molecule has 0 aliphatic rings. The molecule has 1 aromatic carbocycles. The summed E-state index contributed by atoms with van der Waals surface area (Å²) < 4.78 is 0. The van der Waals surface area contributed by atoms with E-state index in [9.17, 15) is 9.90 Å². The molecule has 0 saturated heterocycles. The van der Waals surface area contributed by atoms with E-state index in [0.29, 0.717) is 5.56 Å². The van der Waals surface area contributed by atoms with E-state index in [-0.39, 0.29) is 17.3 Å². The molecule has 3 N–H and O–H groups in total. The Morgan fingerprint density at radius 2 is 2.00 bits per heavy atom. The van der Waals surface area contributed by atoms with E-state index in [0.717, 1.165) is 5.56 Å². The van der Waals surface area contributed by atoms with Gasteiger partial charge in [-0.3, -0.25) is 4.79 Å². The van der Waals surface area contributed by atoms with Gasteiger partial charge in [-0.15, -0.1) is 0 Å². The van der Waals surface area contributed by atoms with Crippen molar-refractivity contribution >= 4 is 17.5 Å². The summed E-state index contributed by atoms with van der Waals surface area (Å²) in [5.74, 6) is -0.394. The summed E-state index contributed by atoms with van der Waals surface area (Å²) in [4.78, 5) is 16.0. The maximum absolute atomic E-state index is 12.2. The van der Waals surface area contributed by atoms with Gasteiger partial charge in [0.15, 0.2) is 5.76 Å². The molecule has 0 aromatic heterocycles. The van der Waals surface area contributed by atoms with Crippen LogP contribution >= 0.6 is 0 Å². The predicted octanol–water partition coefficient (Wildman–Crippen LogP) is 2.29. The predicted molar refractivity (Wildman–Crippen MR) is 85.8 cm³/mol. The number of hydrogen-bond donors (Lipinski definition) is 3. The third-order valence-corrected chi connectivity index (χ3v) is 2.78. The summed E-state index contributed by atoms with van der Waals surface area (Å²) in [6.07, 6.45) is 2.68. The van der Waals surface area contributed by atoms with E-state index in [1.807, 2.05) is 19.1 Å². The summed E-state index contributed by atoms with van der Waals surface area (Å²) >= 11 is 0. The van der Waals surface area contributed by atoms with Crippen LogP contribution in [0.4, 0.5) is 0 Å². The summed E-state index contributed by atoms with van der Waals surface area (Å²) in [5.41, 5.74) is 1.49. The highest BCUT2D eigenvalue weighted by molar-refractivity contribution is 6.11. The van der Waals surface area contributed by atoms with Crippen molar-refractivity contribution in [3.63, 3.8) is 0 Å². The number of aliphatic imine (C=N–C) groups is 1. The average molecular weight is 285 g/mol.